The van der Waals surface area contributed by atoms with Gasteiger partial charge in [0.2, 0.25) is 0 Å². The van der Waals surface area contributed by atoms with Gasteiger partial charge in [-0.3, -0.25) is 9.59 Å². The Balaban J connectivity index is 2.07. The number of aromatic nitrogens is 2. The molecule has 1 aliphatic rings. The third-order valence-corrected chi connectivity index (χ3v) is 2.73. The molecule has 2 heterocycles. The number of carbonyl (C=O) groups excluding carboxylic acids is 1. The number of rotatable bonds is 1. The largest absolute Gasteiger partial charge is 0.337 e. The van der Waals surface area contributed by atoms with Gasteiger partial charge in [0.25, 0.3) is 11.5 Å². The van der Waals surface area contributed by atoms with Gasteiger partial charge in [-0.25, -0.2) is 5.10 Å². The summed E-state index contributed by atoms with van der Waals surface area (Å²) in [5.74, 6) is -0.150. The highest BCUT2D eigenvalue weighted by molar-refractivity contribution is 5.92. The molecule has 6 heteroatoms. The average molecular weight is 222 g/mol. The highest BCUT2D eigenvalue weighted by atomic mass is 16.2. The van der Waals surface area contributed by atoms with Crippen LogP contribution in [0.5, 0.6) is 0 Å². The Hall–Kier alpha value is -1.69. The molecule has 16 heavy (non-hydrogen) atoms. The minimum atomic E-state index is -0.308. The zero-order valence-electron chi connectivity index (χ0n) is 8.85. The molecular formula is C10H14N4O2. The second-order valence-corrected chi connectivity index (χ2v) is 3.94. The molecule has 0 radical (unpaired) electrons. The van der Waals surface area contributed by atoms with Crippen LogP contribution in [0.4, 0.5) is 0 Å². The van der Waals surface area contributed by atoms with Crippen LogP contribution in [0.1, 0.15) is 23.3 Å². The summed E-state index contributed by atoms with van der Waals surface area (Å²) in [7, 11) is 0. The van der Waals surface area contributed by atoms with Crippen molar-refractivity contribution in [2.45, 2.75) is 18.9 Å². The van der Waals surface area contributed by atoms with Gasteiger partial charge in [0.05, 0.1) is 0 Å². The van der Waals surface area contributed by atoms with Gasteiger partial charge < -0.3 is 10.6 Å². The van der Waals surface area contributed by atoms with Gasteiger partial charge in [0, 0.05) is 25.2 Å². The first-order valence-electron chi connectivity index (χ1n) is 5.27. The quantitative estimate of drug-likeness (QED) is 0.659. The van der Waals surface area contributed by atoms with Crippen molar-refractivity contribution in [1.82, 2.24) is 15.1 Å². The van der Waals surface area contributed by atoms with Gasteiger partial charge in [0.1, 0.15) is 5.69 Å². The topological polar surface area (TPSA) is 92.1 Å². The van der Waals surface area contributed by atoms with E-state index in [4.69, 9.17) is 5.73 Å². The standard InChI is InChI=1S/C10H14N4O2/c11-7-3-5-14(6-4-7)10(16)8-1-2-9(15)13-12-8/h1-2,7H,3-6,11H2,(H,13,15). The van der Waals surface area contributed by atoms with E-state index in [1.165, 1.54) is 12.1 Å². The number of hydrogen-bond donors (Lipinski definition) is 2. The number of likely N-dealkylation sites (tertiary alicyclic amines) is 1. The fraction of sp³-hybridized carbons (Fsp3) is 0.500. The third kappa shape index (κ3) is 2.27. The Morgan fingerprint density at radius 1 is 1.44 bits per heavy atom. The molecule has 86 valence electrons. The molecule has 0 aromatic carbocycles. The van der Waals surface area contributed by atoms with Crippen molar-refractivity contribution in [3.8, 4) is 0 Å². The lowest BCUT2D eigenvalue weighted by Crippen LogP contribution is -2.43. The molecule has 1 amide bonds. The first kappa shape index (κ1) is 10.8. The van der Waals surface area contributed by atoms with Crippen molar-refractivity contribution in [3.63, 3.8) is 0 Å². The van der Waals surface area contributed by atoms with E-state index >= 15 is 0 Å². The number of carbonyl (C=O) groups is 1. The van der Waals surface area contributed by atoms with Gasteiger partial charge in [-0.1, -0.05) is 0 Å². The maximum Gasteiger partial charge on any atom is 0.274 e. The molecular weight excluding hydrogens is 208 g/mol. The Morgan fingerprint density at radius 2 is 2.12 bits per heavy atom. The molecule has 3 N–H and O–H groups in total. The normalized spacial score (nSPS) is 17.4. The van der Waals surface area contributed by atoms with Gasteiger partial charge in [-0.2, -0.15) is 5.10 Å². The molecule has 0 aliphatic carbocycles. The zero-order chi connectivity index (χ0) is 11.5. The Kier molecular flexibility index (Phi) is 3.00. The van der Waals surface area contributed by atoms with Crippen molar-refractivity contribution in [1.29, 1.82) is 0 Å². The summed E-state index contributed by atoms with van der Waals surface area (Å²) in [6.45, 7) is 1.31. The monoisotopic (exact) mass is 222 g/mol. The smallest absolute Gasteiger partial charge is 0.274 e. The van der Waals surface area contributed by atoms with E-state index in [9.17, 15) is 9.59 Å². The van der Waals surface area contributed by atoms with E-state index in [0.29, 0.717) is 13.1 Å². The lowest BCUT2D eigenvalue weighted by molar-refractivity contribution is 0.0707. The fourth-order valence-corrected chi connectivity index (χ4v) is 1.73. The molecule has 6 nitrogen and oxygen atoms in total. The van der Waals surface area contributed by atoms with Crippen molar-refractivity contribution < 1.29 is 4.79 Å². The van der Waals surface area contributed by atoms with E-state index < -0.39 is 0 Å². The Labute approximate surface area is 92.4 Å². The highest BCUT2D eigenvalue weighted by Gasteiger charge is 2.22. The Morgan fingerprint density at radius 3 is 2.69 bits per heavy atom. The van der Waals surface area contributed by atoms with Crippen LogP contribution in [-0.2, 0) is 0 Å². The van der Waals surface area contributed by atoms with E-state index in [1.807, 2.05) is 0 Å². The SMILES string of the molecule is NC1CCN(C(=O)c2ccc(=O)[nH]n2)CC1. The van der Waals surface area contributed by atoms with Crippen LogP contribution in [0.3, 0.4) is 0 Å². The van der Waals surface area contributed by atoms with E-state index in [1.54, 1.807) is 4.90 Å². The van der Waals surface area contributed by atoms with Crippen molar-refractivity contribution in [3.05, 3.63) is 28.2 Å². The molecule has 0 unspecified atom stereocenters. The Bertz CT molecular complexity index is 414. The molecule has 1 aromatic rings. The predicted octanol–water partition coefficient (Wildman–Crippen LogP) is -0.667. The molecule has 1 aliphatic heterocycles. The van der Waals surface area contributed by atoms with Gasteiger partial charge in [-0.05, 0) is 18.9 Å². The summed E-state index contributed by atoms with van der Waals surface area (Å²) in [6, 6.07) is 2.93. The molecule has 0 saturated carbocycles. The number of H-pyrrole nitrogens is 1. The summed E-state index contributed by atoms with van der Waals surface area (Å²) >= 11 is 0. The van der Waals surface area contributed by atoms with Crippen LogP contribution in [0.2, 0.25) is 0 Å². The molecule has 1 saturated heterocycles. The zero-order valence-corrected chi connectivity index (χ0v) is 8.85. The number of amides is 1. The van der Waals surface area contributed by atoms with Crippen LogP contribution >= 0.6 is 0 Å². The number of nitrogens with two attached hydrogens (primary N) is 1. The number of nitrogens with zero attached hydrogens (tertiary/aromatic N) is 2. The van der Waals surface area contributed by atoms with Gasteiger partial charge in [0.15, 0.2) is 0 Å². The van der Waals surface area contributed by atoms with Crippen molar-refractivity contribution in [2.75, 3.05) is 13.1 Å². The van der Waals surface area contributed by atoms with Crippen molar-refractivity contribution in [2.24, 2.45) is 5.73 Å². The fourth-order valence-electron chi connectivity index (χ4n) is 1.73. The first-order valence-corrected chi connectivity index (χ1v) is 5.27. The summed E-state index contributed by atoms with van der Waals surface area (Å²) in [5, 5.41) is 5.96. The second-order valence-electron chi connectivity index (χ2n) is 3.94. The lowest BCUT2D eigenvalue weighted by Gasteiger charge is -2.29. The van der Waals surface area contributed by atoms with Gasteiger partial charge in [-0.15, -0.1) is 0 Å². The van der Waals surface area contributed by atoms with Crippen LogP contribution < -0.4 is 11.3 Å². The molecule has 1 aromatic heterocycles. The maximum absolute atomic E-state index is 11.9. The summed E-state index contributed by atoms with van der Waals surface area (Å²) < 4.78 is 0. The third-order valence-electron chi connectivity index (χ3n) is 2.73. The van der Waals surface area contributed by atoms with Crippen LogP contribution in [0, 0.1) is 0 Å². The molecule has 2 rings (SSSR count). The molecule has 1 fully saturated rings. The van der Waals surface area contributed by atoms with Gasteiger partial charge >= 0.3 is 0 Å². The molecule has 0 atom stereocenters. The summed E-state index contributed by atoms with van der Waals surface area (Å²) in [6.07, 6.45) is 1.63. The minimum absolute atomic E-state index is 0.150. The molecule has 0 bridgehead atoms. The number of nitrogens with one attached hydrogen (secondary N) is 1. The number of aromatic amines is 1. The summed E-state index contributed by atoms with van der Waals surface area (Å²) in [5.41, 5.74) is 5.72. The highest BCUT2D eigenvalue weighted by Crippen LogP contribution is 2.10. The van der Waals surface area contributed by atoms with Crippen molar-refractivity contribution >= 4 is 5.91 Å². The van der Waals surface area contributed by atoms with E-state index in [0.717, 1.165) is 12.8 Å². The second kappa shape index (κ2) is 4.44. The average Bonchev–Trinajstić information content (AvgIpc) is 2.30. The molecule has 0 spiro atoms. The number of hydrogen-bond acceptors (Lipinski definition) is 4. The maximum atomic E-state index is 11.9. The van der Waals surface area contributed by atoms with E-state index in [2.05, 4.69) is 10.2 Å². The minimum Gasteiger partial charge on any atom is -0.337 e. The van der Waals surface area contributed by atoms with Crippen LogP contribution in [0.25, 0.3) is 0 Å². The summed E-state index contributed by atoms with van der Waals surface area (Å²) in [4.78, 5) is 24.4. The van der Waals surface area contributed by atoms with Crippen LogP contribution in [-0.4, -0.2) is 40.1 Å². The first-order chi connectivity index (χ1) is 7.66. The number of piperidine rings is 1. The lowest BCUT2D eigenvalue weighted by atomic mass is 10.1. The van der Waals surface area contributed by atoms with E-state index in [-0.39, 0.29) is 23.2 Å². The predicted molar refractivity (Wildman–Crippen MR) is 58.0 cm³/mol. The van der Waals surface area contributed by atoms with Crippen LogP contribution in [0.15, 0.2) is 16.9 Å².